The van der Waals surface area contributed by atoms with Crippen LogP contribution < -0.4 is 5.32 Å². The summed E-state index contributed by atoms with van der Waals surface area (Å²) in [6.45, 7) is 6.87. The fourth-order valence-electron chi connectivity index (χ4n) is 1.74. The highest BCUT2D eigenvalue weighted by molar-refractivity contribution is 7.90. The Bertz CT molecular complexity index is 291. The lowest BCUT2D eigenvalue weighted by molar-refractivity contribution is 0.338. The third kappa shape index (κ3) is 12.3. The van der Waals surface area contributed by atoms with Crippen molar-refractivity contribution in [2.75, 3.05) is 38.7 Å². The number of hydrogen-bond donors (Lipinski definition) is 1. The van der Waals surface area contributed by atoms with Gasteiger partial charge in [-0.05, 0) is 20.4 Å². The molecule has 0 aliphatic heterocycles. The van der Waals surface area contributed by atoms with E-state index in [1.807, 2.05) is 7.05 Å². The highest BCUT2D eigenvalue weighted by Gasteiger charge is 2.06. The molecular formula is C13H30N2O2S. The van der Waals surface area contributed by atoms with Gasteiger partial charge in [0.05, 0.1) is 5.75 Å². The molecule has 0 aliphatic rings. The lowest BCUT2D eigenvalue weighted by Crippen LogP contribution is -2.36. The van der Waals surface area contributed by atoms with E-state index < -0.39 is 9.84 Å². The van der Waals surface area contributed by atoms with Gasteiger partial charge >= 0.3 is 0 Å². The predicted molar refractivity (Wildman–Crippen MR) is 78.8 cm³/mol. The quantitative estimate of drug-likeness (QED) is 0.582. The van der Waals surface area contributed by atoms with E-state index in [2.05, 4.69) is 24.1 Å². The van der Waals surface area contributed by atoms with Crippen LogP contribution in [0.4, 0.5) is 0 Å². The molecule has 0 saturated carbocycles. The molecule has 1 unspecified atom stereocenters. The summed E-state index contributed by atoms with van der Waals surface area (Å²) >= 11 is 0. The van der Waals surface area contributed by atoms with E-state index in [0.717, 1.165) is 13.1 Å². The van der Waals surface area contributed by atoms with Crippen LogP contribution in [0.1, 0.15) is 39.5 Å². The van der Waals surface area contributed by atoms with E-state index in [4.69, 9.17) is 0 Å². The van der Waals surface area contributed by atoms with Gasteiger partial charge in [-0.2, -0.15) is 0 Å². The average Bonchev–Trinajstić information content (AvgIpc) is 2.26. The van der Waals surface area contributed by atoms with E-state index in [9.17, 15) is 8.42 Å². The van der Waals surface area contributed by atoms with Crippen LogP contribution in [0.3, 0.4) is 0 Å². The van der Waals surface area contributed by atoms with Gasteiger partial charge in [-0.15, -0.1) is 0 Å². The number of unbranched alkanes of at least 4 members (excludes halogenated alkanes) is 2. The molecule has 0 radical (unpaired) electrons. The number of hydrogen-bond acceptors (Lipinski definition) is 4. The monoisotopic (exact) mass is 278 g/mol. The summed E-state index contributed by atoms with van der Waals surface area (Å²) in [5.74, 6) is 0.246. The van der Waals surface area contributed by atoms with Crippen LogP contribution in [0.25, 0.3) is 0 Å². The van der Waals surface area contributed by atoms with Crippen molar-refractivity contribution >= 4 is 9.84 Å². The van der Waals surface area contributed by atoms with Gasteiger partial charge < -0.3 is 10.2 Å². The van der Waals surface area contributed by atoms with Crippen LogP contribution in [0.2, 0.25) is 0 Å². The molecule has 0 aromatic carbocycles. The Balaban J connectivity index is 3.52. The molecule has 5 heteroatoms. The Hall–Kier alpha value is -0.130. The van der Waals surface area contributed by atoms with Crippen LogP contribution in [0.15, 0.2) is 0 Å². The predicted octanol–water partition coefficient (Wildman–Crippen LogP) is 1.52. The van der Waals surface area contributed by atoms with Crippen molar-refractivity contribution in [3.05, 3.63) is 0 Å². The summed E-state index contributed by atoms with van der Waals surface area (Å²) in [5.41, 5.74) is 0. The maximum absolute atomic E-state index is 11.0. The topological polar surface area (TPSA) is 49.4 Å². The fraction of sp³-hybridized carbons (Fsp3) is 1.00. The molecular weight excluding hydrogens is 248 g/mol. The lowest BCUT2D eigenvalue weighted by Gasteiger charge is -2.19. The zero-order chi connectivity index (χ0) is 14.0. The number of rotatable bonds is 11. The molecule has 0 saturated heterocycles. The Morgan fingerprint density at radius 2 is 1.89 bits per heavy atom. The Kier molecular flexibility index (Phi) is 9.68. The Labute approximate surface area is 113 Å². The van der Waals surface area contributed by atoms with Crippen LogP contribution in [-0.4, -0.2) is 58.1 Å². The molecule has 0 aromatic heterocycles. The lowest BCUT2D eigenvalue weighted by atomic mass is 10.1. The van der Waals surface area contributed by atoms with E-state index in [1.54, 1.807) is 0 Å². The van der Waals surface area contributed by atoms with Crippen molar-refractivity contribution in [2.24, 2.45) is 0 Å². The summed E-state index contributed by atoms with van der Waals surface area (Å²) in [5, 5.41) is 3.48. The first kappa shape index (κ1) is 17.9. The standard InChI is InChI=1S/C13H30N2O2S/c1-5-6-7-8-13(2)14-9-10-15(3)11-12-18(4,16)17/h13-14H,5-12H2,1-4H3. The van der Waals surface area contributed by atoms with Gasteiger partial charge in [0.25, 0.3) is 0 Å². The highest BCUT2D eigenvalue weighted by Crippen LogP contribution is 2.02. The minimum absolute atomic E-state index is 0.246. The zero-order valence-electron chi connectivity index (χ0n) is 12.4. The summed E-state index contributed by atoms with van der Waals surface area (Å²) in [6, 6.07) is 0.555. The van der Waals surface area contributed by atoms with Crippen molar-refractivity contribution in [1.82, 2.24) is 10.2 Å². The van der Waals surface area contributed by atoms with E-state index in [-0.39, 0.29) is 5.75 Å². The number of likely N-dealkylation sites (N-methyl/N-ethyl adjacent to an activating group) is 1. The molecule has 4 nitrogen and oxygen atoms in total. The Morgan fingerprint density at radius 1 is 1.22 bits per heavy atom. The maximum Gasteiger partial charge on any atom is 0.148 e. The van der Waals surface area contributed by atoms with Gasteiger partial charge in [-0.3, -0.25) is 0 Å². The third-order valence-corrected chi connectivity index (χ3v) is 3.99. The molecule has 110 valence electrons. The fourth-order valence-corrected chi connectivity index (χ4v) is 2.38. The first-order valence-electron chi connectivity index (χ1n) is 6.94. The number of nitrogens with zero attached hydrogens (tertiary/aromatic N) is 1. The van der Waals surface area contributed by atoms with Crippen molar-refractivity contribution < 1.29 is 8.42 Å². The smallest absolute Gasteiger partial charge is 0.148 e. The second-order valence-corrected chi connectivity index (χ2v) is 7.54. The van der Waals surface area contributed by atoms with Crippen molar-refractivity contribution in [3.8, 4) is 0 Å². The van der Waals surface area contributed by atoms with Gasteiger partial charge in [0.15, 0.2) is 0 Å². The van der Waals surface area contributed by atoms with Crippen LogP contribution >= 0.6 is 0 Å². The van der Waals surface area contributed by atoms with E-state index in [0.29, 0.717) is 12.6 Å². The molecule has 18 heavy (non-hydrogen) atoms. The van der Waals surface area contributed by atoms with Gasteiger partial charge in [-0.1, -0.05) is 26.2 Å². The summed E-state index contributed by atoms with van der Waals surface area (Å²) < 4.78 is 22.0. The van der Waals surface area contributed by atoms with E-state index in [1.165, 1.54) is 31.9 Å². The molecule has 0 rings (SSSR count). The number of nitrogens with one attached hydrogen (secondary N) is 1. The molecule has 0 aromatic rings. The largest absolute Gasteiger partial charge is 0.313 e. The normalized spacial score (nSPS) is 14.1. The molecule has 0 bridgehead atoms. The summed E-state index contributed by atoms with van der Waals surface area (Å²) in [7, 11) is -0.871. The summed E-state index contributed by atoms with van der Waals surface area (Å²) in [4.78, 5) is 2.06. The van der Waals surface area contributed by atoms with E-state index >= 15 is 0 Å². The minimum Gasteiger partial charge on any atom is -0.313 e. The molecule has 0 spiro atoms. The van der Waals surface area contributed by atoms with Crippen molar-refractivity contribution in [2.45, 2.75) is 45.6 Å². The van der Waals surface area contributed by atoms with Crippen molar-refractivity contribution in [1.29, 1.82) is 0 Å². The van der Waals surface area contributed by atoms with Gasteiger partial charge in [0.2, 0.25) is 0 Å². The Morgan fingerprint density at radius 3 is 2.44 bits per heavy atom. The average molecular weight is 278 g/mol. The second-order valence-electron chi connectivity index (χ2n) is 5.28. The van der Waals surface area contributed by atoms with Crippen LogP contribution in [-0.2, 0) is 9.84 Å². The molecule has 0 amide bonds. The molecule has 1 atom stereocenters. The highest BCUT2D eigenvalue weighted by atomic mass is 32.2. The van der Waals surface area contributed by atoms with Gasteiger partial charge in [0.1, 0.15) is 9.84 Å². The first-order valence-corrected chi connectivity index (χ1v) is 9.01. The number of sulfone groups is 1. The van der Waals surface area contributed by atoms with Crippen LogP contribution in [0.5, 0.6) is 0 Å². The molecule has 1 N–H and O–H groups in total. The second kappa shape index (κ2) is 9.75. The summed E-state index contributed by atoms with van der Waals surface area (Å²) in [6.07, 6.45) is 6.37. The zero-order valence-corrected chi connectivity index (χ0v) is 13.2. The molecule has 0 aliphatic carbocycles. The maximum atomic E-state index is 11.0. The third-order valence-electron chi connectivity index (χ3n) is 3.07. The molecule has 0 fully saturated rings. The van der Waals surface area contributed by atoms with Crippen LogP contribution in [0, 0.1) is 0 Å². The van der Waals surface area contributed by atoms with Gasteiger partial charge in [-0.25, -0.2) is 8.42 Å². The molecule has 0 heterocycles. The minimum atomic E-state index is -2.84. The SMILES string of the molecule is CCCCCC(C)NCCN(C)CCS(C)(=O)=O. The van der Waals surface area contributed by atoms with Gasteiger partial charge in [0, 0.05) is 31.9 Å². The first-order chi connectivity index (χ1) is 8.35. The van der Waals surface area contributed by atoms with Crippen molar-refractivity contribution in [3.63, 3.8) is 0 Å².